The molecule has 0 saturated heterocycles. The third-order valence-corrected chi connectivity index (χ3v) is 3.16. The fourth-order valence-electron chi connectivity index (χ4n) is 0.887. The molecule has 4 nitrogen and oxygen atoms in total. The van der Waals surface area contributed by atoms with Crippen LogP contribution in [-0.4, -0.2) is 11.1 Å². The fraction of sp³-hybridized carbons (Fsp3) is 0. The standard InChI is InChI=1S/C8H5BrN2O2S/c9-5-3-6(14-4-5)8(12)10-7-1-2-13-11-7/h1-4H,(H,10,11,12). The molecule has 0 aliphatic carbocycles. The van der Waals surface area contributed by atoms with Crippen molar-refractivity contribution >= 4 is 39.0 Å². The van der Waals surface area contributed by atoms with Crippen molar-refractivity contribution in [3.63, 3.8) is 0 Å². The molecule has 1 amide bonds. The van der Waals surface area contributed by atoms with Crippen molar-refractivity contribution in [1.82, 2.24) is 5.16 Å². The summed E-state index contributed by atoms with van der Waals surface area (Å²) in [5.74, 6) is 0.231. The lowest BCUT2D eigenvalue weighted by molar-refractivity contribution is 0.102. The van der Waals surface area contributed by atoms with E-state index in [1.165, 1.54) is 17.6 Å². The monoisotopic (exact) mass is 272 g/mol. The summed E-state index contributed by atoms with van der Waals surface area (Å²) in [5, 5.41) is 8.02. The van der Waals surface area contributed by atoms with E-state index < -0.39 is 0 Å². The van der Waals surface area contributed by atoms with Gasteiger partial charge in [-0.15, -0.1) is 11.3 Å². The van der Waals surface area contributed by atoms with Gasteiger partial charge in [-0.1, -0.05) is 5.16 Å². The molecule has 1 N–H and O–H groups in total. The lowest BCUT2D eigenvalue weighted by atomic mass is 10.4. The number of hydrogen-bond donors (Lipinski definition) is 1. The second-order valence-electron chi connectivity index (χ2n) is 2.47. The first kappa shape index (κ1) is 9.42. The molecule has 0 aliphatic rings. The Morgan fingerprint density at radius 1 is 1.64 bits per heavy atom. The molecule has 0 spiro atoms. The van der Waals surface area contributed by atoms with E-state index in [2.05, 4.69) is 30.9 Å². The maximum atomic E-state index is 11.5. The molecule has 2 heterocycles. The molecule has 2 aromatic heterocycles. The number of carbonyl (C=O) groups excluding carboxylic acids is 1. The van der Waals surface area contributed by atoms with Gasteiger partial charge in [-0.25, -0.2) is 0 Å². The van der Waals surface area contributed by atoms with Gasteiger partial charge >= 0.3 is 0 Å². The van der Waals surface area contributed by atoms with Crippen molar-refractivity contribution in [2.45, 2.75) is 0 Å². The van der Waals surface area contributed by atoms with E-state index in [0.717, 1.165) is 4.47 Å². The molecule has 72 valence electrons. The lowest BCUT2D eigenvalue weighted by Crippen LogP contribution is -2.09. The first-order chi connectivity index (χ1) is 6.75. The summed E-state index contributed by atoms with van der Waals surface area (Å²) in [7, 11) is 0. The van der Waals surface area contributed by atoms with Gasteiger partial charge in [0.15, 0.2) is 5.82 Å². The van der Waals surface area contributed by atoms with E-state index in [1.807, 2.05) is 5.38 Å². The van der Waals surface area contributed by atoms with E-state index >= 15 is 0 Å². The smallest absolute Gasteiger partial charge is 0.267 e. The number of thiophene rings is 1. The van der Waals surface area contributed by atoms with Crippen LogP contribution in [0.5, 0.6) is 0 Å². The van der Waals surface area contributed by atoms with Crippen LogP contribution < -0.4 is 5.32 Å². The van der Waals surface area contributed by atoms with Crippen LogP contribution in [0.1, 0.15) is 9.67 Å². The molecule has 0 aromatic carbocycles. The van der Waals surface area contributed by atoms with Crippen molar-refractivity contribution < 1.29 is 9.32 Å². The zero-order chi connectivity index (χ0) is 9.97. The number of nitrogens with one attached hydrogen (secondary N) is 1. The largest absolute Gasteiger partial charge is 0.363 e. The number of nitrogens with zero attached hydrogens (tertiary/aromatic N) is 1. The number of amides is 1. The number of carbonyl (C=O) groups is 1. The highest BCUT2D eigenvalue weighted by molar-refractivity contribution is 9.10. The molecule has 0 fully saturated rings. The maximum absolute atomic E-state index is 11.5. The number of anilines is 1. The molecule has 0 unspecified atom stereocenters. The predicted molar refractivity (Wildman–Crippen MR) is 56.5 cm³/mol. The van der Waals surface area contributed by atoms with E-state index in [1.54, 1.807) is 12.1 Å². The Morgan fingerprint density at radius 2 is 2.50 bits per heavy atom. The van der Waals surface area contributed by atoms with Crippen LogP contribution in [0, 0.1) is 0 Å². The molecule has 0 atom stereocenters. The van der Waals surface area contributed by atoms with Crippen LogP contribution in [0.2, 0.25) is 0 Å². The van der Waals surface area contributed by atoms with Crippen LogP contribution in [0.15, 0.2) is 32.8 Å². The average molecular weight is 273 g/mol. The van der Waals surface area contributed by atoms with E-state index in [9.17, 15) is 4.79 Å². The molecule has 6 heteroatoms. The normalized spacial score (nSPS) is 10.1. The second kappa shape index (κ2) is 3.93. The highest BCUT2D eigenvalue weighted by atomic mass is 79.9. The van der Waals surface area contributed by atoms with Crippen molar-refractivity contribution in [3.05, 3.63) is 33.1 Å². The summed E-state index contributed by atoms with van der Waals surface area (Å²) in [6.45, 7) is 0. The van der Waals surface area contributed by atoms with Gasteiger partial charge in [-0.05, 0) is 22.0 Å². The molecule has 0 saturated carbocycles. The quantitative estimate of drug-likeness (QED) is 0.915. The van der Waals surface area contributed by atoms with Gasteiger partial charge in [0.25, 0.3) is 5.91 Å². The molecule has 14 heavy (non-hydrogen) atoms. The van der Waals surface area contributed by atoms with E-state index in [4.69, 9.17) is 0 Å². The minimum absolute atomic E-state index is 0.186. The average Bonchev–Trinajstić information content (AvgIpc) is 2.75. The molecular formula is C8H5BrN2O2S. The Hall–Kier alpha value is -1.14. The fourth-order valence-corrected chi connectivity index (χ4v) is 2.21. The first-order valence-corrected chi connectivity index (χ1v) is 5.39. The maximum Gasteiger partial charge on any atom is 0.267 e. The van der Waals surface area contributed by atoms with Crippen LogP contribution in [0.4, 0.5) is 5.82 Å². The minimum atomic E-state index is -0.186. The van der Waals surface area contributed by atoms with Gasteiger partial charge in [0.2, 0.25) is 0 Å². The lowest BCUT2D eigenvalue weighted by Gasteiger charge is -1.96. The summed E-state index contributed by atoms with van der Waals surface area (Å²) in [6, 6.07) is 3.33. The van der Waals surface area contributed by atoms with Gasteiger partial charge in [-0.2, -0.15) is 0 Å². The Bertz CT molecular complexity index is 438. The van der Waals surface area contributed by atoms with Gasteiger partial charge < -0.3 is 9.84 Å². The molecule has 0 aliphatic heterocycles. The van der Waals surface area contributed by atoms with Crippen LogP contribution >= 0.6 is 27.3 Å². The first-order valence-electron chi connectivity index (χ1n) is 3.71. The van der Waals surface area contributed by atoms with Crippen LogP contribution in [0.25, 0.3) is 0 Å². The Morgan fingerprint density at radius 3 is 3.07 bits per heavy atom. The van der Waals surface area contributed by atoms with E-state index in [0.29, 0.717) is 10.7 Å². The summed E-state index contributed by atoms with van der Waals surface area (Å²) in [6.07, 6.45) is 1.40. The van der Waals surface area contributed by atoms with Gasteiger partial charge in [0, 0.05) is 15.9 Å². The van der Waals surface area contributed by atoms with Gasteiger partial charge in [0.05, 0.1) is 4.88 Å². The molecule has 2 rings (SSSR count). The van der Waals surface area contributed by atoms with Crippen molar-refractivity contribution in [2.75, 3.05) is 5.32 Å². The Balaban J connectivity index is 2.10. The van der Waals surface area contributed by atoms with Crippen molar-refractivity contribution in [3.8, 4) is 0 Å². The number of halogens is 1. The van der Waals surface area contributed by atoms with Crippen LogP contribution in [-0.2, 0) is 0 Å². The number of hydrogen-bond acceptors (Lipinski definition) is 4. The molecule has 0 radical (unpaired) electrons. The highest BCUT2D eigenvalue weighted by Gasteiger charge is 2.09. The highest BCUT2D eigenvalue weighted by Crippen LogP contribution is 2.20. The Labute approximate surface area is 92.0 Å². The van der Waals surface area contributed by atoms with Crippen molar-refractivity contribution in [1.29, 1.82) is 0 Å². The summed E-state index contributed by atoms with van der Waals surface area (Å²) in [4.78, 5) is 12.1. The second-order valence-corrected chi connectivity index (χ2v) is 4.29. The summed E-state index contributed by atoms with van der Waals surface area (Å²) in [5.41, 5.74) is 0. The summed E-state index contributed by atoms with van der Waals surface area (Å²) < 4.78 is 5.48. The predicted octanol–water partition coefficient (Wildman–Crippen LogP) is 2.75. The van der Waals surface area contributed by atoms with Crippen LogP contribution in [0.3, 0.4) is 0 Å². The van der Waals surface area contributed by atoms with Gasteiger partial charge in [-0.3, -0.25) is 4.79 Å². The van der Waals surface area contributed by atoms with E-state index in [-0.39, 0.29) is 5.91 Å². The third-order valence-electron chi connectivity index (χ3n) is 1.47. The summed E-state index contributed by atoms with van der Waals surface area (Å²) >= 11 is 4.64. The molecule has 0 bridgehead atoms. The zero-order valence-electron chi connectivity index (χ0n) is 6.86. The minimum Gasteiger partial charge on any atom is -0.363 e. The number of aromatic nitrogens is 1. The SMILES string of the molecule is O=C(Nc1ccon1)c1cc(Br)cs1. The molecule has 2 aromatic rings. The third kappa shape index (κ3) is 2.02. The zero-order valence-corrected chi connectivity index (χ0v) is 9.26. The van der Waals surface area contributed by atoms with Gasteiger partial charge in [0.1, 0.15) is 6.26 Å². The molecular weight excluding hydrogens is 268 g/mol. The topological polar surface area (TPSA) is 55.1 Å². The number of rotatable bonds is 2. The van der Waals surface area contributed by atoms with Crippen molar-refractivity contribution in [2.24, 2.45) is 0 Å². The Kier molecular flexibility index (Phi) is 2.64.